The van der Waals surface area contributed by atoms with Crippen molar-refractivity contribution in [2.75, 3.05) is 17.6 Å². The number of hydrogen-bond acceptors (Lipinski definition) is 4. The summed E-state index contributed by atoms with van der Waals surface area (Å²) in [5, 5.41) is 3.21. The molecule has 0 aromatic heterocycles. The summed E-state index contributed by atoms with van der Waals surface area (Å²) in [6.07, 6.45) is 1.10. The minimum atomic E-state index is -3.15. The Labute approximate surface area is 102 Å². The zero-order valence-corrected chi connectivity index (χ0v) is 10.9. The molecule has 1 atom stereocenters. The van der Waals surface area contributed by atoms with Crippen molar-refractivity contribution in [2.45, 2.75) is 31.3 Å². The van der Waals surface area contributed by atoms with Gasteiger partial charge in [-0.3, -0.25) is 0 Å². The number of anilines is 1. The molecule has 1 aliphatic heterocycles. The van der Waals surface area contributed by atoms with Crippen LogP contribution in [0.3, 0.4) is 0 Å². The first-order valence-electron chi connectivity index (χ1n) is 5.84. The van der Waals surface area contributed by atoms with Crippen LogP contribution >= 0.6 is 0 Å². The molecule has 0 amide bonds. The second-order valence-electron chi connectivity index (χ2n) is 4.09. The summed E-state index contributed by atoms with van der Waals surface area (Å²) < 4.78 is 29.2. The van der Waals surface area contributed by atoms with Crippen LogP contribution in [0, 0.1) is 0 Å². The highest BCUT2D eigenvalue weighted by Gasteiger charge is 2.20. The summed E-state index contributed by atoms with van der Waals surface area (Å²) in [6, 6.07) is 4.99. The second-order valence-corrected chi connectivity index (χ2v) is 6.37. The number of hydrogen-bond donors (Lipinski definition) is 1. The average Bonchev–Trinajstić information content (AvgIpc) is 2.37. The molecule has 4 nitrogen and oxygen atoms in total. The topological polar surface area (TPSA) is 55.4 Å². The third-order valence-corrected chi connectivity index (χ3v) is 4.69. The van der Waals surface area contributed by atoms with Crippen molar-refractivity contribution in [2.24, 2.45) is 0 Å². The maximum absolute atomic E-state index is 11.7. The lowest BCUT2D eigenvalue weighted by Gasteiger charge is -2.26. The third-order valence-electron chi connectivity index (χ3n) is 2.96. The molecule has 1 aliphatic rings. The van der Waals surface area contributed by atoms with E-state index in [1.807, 2.05) is 0 Å². The van der Waals surface area contributed by atoms with Gasteiger partial charge in [-0.15, -0.1) is 0 Å². The van der Waals surface area contributed by atoms with Gasteiger partial charge < -0.3 is 10.1 Å². The molecule has 1 heterocycles. The molecule has 0 aliphatic carbocycles. The van der Waals surface area contributed by atoms with Crippen molar-refractivity contribution in [3.8, 4) is 5.75 Å². The van der Waals surface area contributed by atoms with E-state index >= 15 is 0 Å². The quantitative estimate of drug-likeness (QED) is 0.898. The van der Waals surface area contributed by atoms with Gasteiger partial charge in [-0.25, -0.2) is 8.42 Å². The molecule has 0 saturated heterocycles. The molecular weight excluding hydrogens is 238 g/mol. The van der Waals surface area contributed by atoms with Crippen LogP contribution in [0.25, 0.3) is 0 Å². The Morgan fingerprint density at radius 3 is 2.82 bits per heavy atom. The van der Waals surface area contributed by atoms with Gasteiger partial charge in [-0.1, -0.05) is 13.8 Å². The molecule has 0 spiro atoms. The lowest BCUT2D eigenvalue weighted by molar-refractivity contribution is 0.201. The molecule has 1 N–H and O–H groups in total. The first-order chi connectivity index (χ1) is 8.06. The van der Waals surface area contributed by atoms with E-state index in [9.17, 15) is 8.42 Å². The number of sulfone groups is 1. The fraction of sp³-hybridized carbons (Fsp3) is 0.500. The minimum Gasteiger partial charge on any atom is -0.486 e. The van der Waals surface area contributed by atoms with Gasteiger partial charge in [0.15, 0.2) is 9.84 Å². The number of benzene rings is 1. The second kappa shape index (κ2) is 4.56. The number of nitrogens with one attached hydrogen (secondary N) is 1. The van der Waals surface area contributed by atoms with Gasteiger partial charge >= 0.3 is 0 Å². The molecule has 0 bridgehead atoms. The lowest BCUT2D eigenvalue weighted by atomic mass is 10.2. The van der Waals surface area contributed by atoms with E-state index in [0.717, 1.165) is 24.4 Å². The van der Waals surface area contributed by atoms with E-state index in [2.05, 4.69) is 12.2 Å². The first-order valence-corrected chi connectivity index (χ1v) is 7.49. The number of fused-ring (bicyclic) bond motifs is 1. The summed E-state index contributed by atoms with van der Waals surface area (Å²) in [4.78, 5) is 0.352. The van der Waals surface area contributed by atoms with Crippen molar-refractivity contribution in [3.05, 3.63) is 18.2 Å². The number of rotatable bonds is 3. The van der Waals surface area contributed by atoms with Gasteiger partial charge in [-0.2, -0.15) is 0 Å². The Morgan fingerprint density at radius 1 is 1.41 bits per heavy atom. The summed E-state index contributed by atoms with van der Waals surface area (Å²) >= 11 is 0. The van der Waals surface area contributed by atoms with Crippen molar-refractivity contribution in [3.63, 3.8) is 0 Å². The van der Waals surface area contributed by atoms with Crippen molar-refractivity contribution < 1.29 is 13.2 Å². The molecule has 17 heavy (non-hydrogen) atoms. The Balaban J connectivity index is 2.34. The zero-order chi connectivity index (χ0) is 12.5. The summed E-state index contributed by atoms with van der Waals surface area (Å²) in [6.45, 7) is 4.43. The van der Waals surface area contributed by atoms with Crippen molar-refractivity contribution in [1.29, 1.82) is 0 Å². The minimum absolute atomic E-state index is 0.115. The fourth-order valence-corrected chi connectivity index (χ4v) is 2.69. The van der Waals surface area contributed by atoms with Crippen LogP contribution in [-0.2, 0) is 9.84 Å². The van der Waals surface area contributed by atoms with Crippen LogP contribution in [0.15, 0.2) is 23.1 Å². The van der Waals surface area contributed by atoms with Crippen LogP contribution in [0.1, 0.15) is 20.3 Å². The van der Waals surface area contributed by atoms with Gasteiger partial charge in [0.25, 0.3) is 0 Å². The maximum atomic E-state index is 11.7. The molecule has 94 valence electrons. The van der Waals surface area contributed by atoms with E-state index < -0.39 is 9.84 Å². The van der Waals surface area contributed by atoms with Crippen LogP contribution in [0.5, 0.6) is 5.75 Å². The standard InChI is InChI=1S/C12H17NO3S/c1-3-9-8-13-11-7-10(17(14,15)4-2)5-6-12(11)16-9/h5-7,9,13H,3-4,8H2,1-2H3. The van der Waals surface area contributed by atoms with Crippen molar-refractivity contribution in [1.82, 2.24) is 0 Å². The molecule has 0 saturated carbocycles. The normalized spacial score (nSPS) is 19.1. The monoisotopic (exact) mass is 255 g/mol. The van der Waals surface area contributed by atoms with E-state index in [1.54, 1.807) is 25.1 Å². The highest BCUT2D eigenvalue weighted by Crippen LogP contribution is 2.32. The summed E-state index contributed by atoms with van der Waals surface area (Å²) in [5.41, 5.74) is 0.768. The van der Waals surface area contributed by atoms with Gasteiger partial charge in [0, 0.05) is 0 Å². The first kappa shape index (κ1) is 12.2. The van der Waals surface area contributed by atoms with Gasteiger partial charge in [-0.05, 0) is 24.6 Å². The SMILES string of the molecule is CCC1CNc2cc(S(=O)(=O)CC)ccc2O1. The number of ether oxygens (including phenoxy) is 1. The molecule has 1 aromatic carbocycles. The van der Waals surface area contributed by atoms with Gasteiger partial charge in [0.2, 0.25) is 0 Å². The fourth-order valence-electron chi connectivity index (χ4n) is 1.78. The molecule has 5 heteroatoms. The van der Waals surface area contributed by atoms with Crippen molar-refractivity contribution >= 4 is 15.5 Å². The van der Waals surface area contributed by atoms with Crippen LogP contribution in [0.2, 0.25) is 0 Å². The lowest BCUT2D eigenvalue weighted by Crippen LogP contribution is -2.30. The smallest absolute Gasteiger partial charge is 0.178 e. The van der Waals surface area contributed by atoms with Crippen LogP contribution in [0.4, 0.5) is 5.69 Å². The molecule has 1 unspecified atom stereocenters. The molecule has 0 radical (unpaired) electrons. The molecular formula is C12H17NO3S. The van der Waals surface area contributed by atoms with E-state index in [-0.39, 0.29) is 11.9 Å². The highest BCUT2D eigenvalue weighted by molar-refractivity contribution is 7.91. The predicted octanol–water partition coefficient (Wildman–Crippen LogP) is 2.06. The average molecular weight is 255 g/mol. The van der Waals surface area contributed by atoms with Crippen LogP contribution < -0.4 is 10.1 Å². The van der Waals surface area contributed by atoms with E-state index in [1.165, 1.54) is 0 Å². The van der Waals surface area contributed by atoms with Crippen LogP contribution in [-0.4, -0.2) is 26.8 Å². The molecule has 0 fully saturated rings. The Bertz CT molecular complexity index is 510. The largest absolute Gasteiger partial charge is 0.486 e. The maximum Gasteiger partial charge on any atom is 0.178 e. The predicted molar refractivity (Wildman–Crippen MR) is 67.4 cm³/mol. The van der Waals surface area contributed by atoms with E-state index in [0.29, 0.717) is 4.90 Å². The zero-order valence-electron chi connectivity index (χ0n) is 10.1. The Hall–Kier alpha value is -1.23. The van der Waals surface area contributed by atoms with Gasteiger partial charge in [0.1, 0.15) is 11.9 Å². The third kappa shape index (κ3) is 2.39. The highest BCUT2D eigenvalue weighted by atomic mass is 32.2. The van der Waals surface area contributed by atoms with E-state index in [4.69, 9.17) is 4.74 Å². The Kier molecular flexibility index (Phi) is 3.28. The Morgan fingerprint density at radius 2 is 2.18 bits per heavy atom. The summed E-state index contributed by atoms with van der Waals surface area (Å²) in [7, 11) is -3.15. The summed E-state index contributed by atoms with van der Waals surface area (Å²) in [5.74, 6) is 0.850. The van der Waals surface area contributed by atoms with Gasteiger partial charge in [0.05, 0.1) is 22.9 Å². The molecule has 1 aromatic rings. The molecule has 2 rings (SSSR count).